The van der Waals surface area contributed by atoms with Crippen LogP contribution >= 0.6 is 11.8 Å². The van der Waals surface area contributed by atoms with Crippen molar-refractivity contribution in [3.05, 3.63) is 48.2 Å². The van der Waals surface area contributed by atoms with E-state index in [9.17, 15) is 9.18 Å². The monoisotopic (exact) mass is 346 g/mol. The van der Waals surface area contributed by atoms with Crippen molar-refractivity contribution in [2.75, 3.05) is 11.1 Å². The molecule has 0 saturated heterocycles. The molecule has 0 unspecified atom stereocenters. The van der Waals surface area contributed by atoms with Crippen molar-refractivity contribution in [3.63, 3.8) is 0 Å². The Hall–Kier alpha value is -2.61. The van der Waals surface area contributed by atoms with Crippen LogP contribution in [0, 0.1) is 12.7 Å². The first-order chi connectivity index (χ1) is 11.6. The first kappa shape index (κ1) is 16.3. The Balaban J connectivity index is 1.65. The van der Waals surface area contributed by atoms with Gasteiger partial charge in [0.1, 0.15) is 11.6 Å². The van der Waals surface area contributed by atoms with Crippen LogP contribution in [0.2, 0.25) is 0 Å². The molecule has 0 atom stereocenters. The molecule has 2 heterocycles. The van der Waals surface area contributed by atoms with Crippen molar-refractivity contribution < 1.29 is 13.6 Å². The van der Waals surface area contributed by atoms with E-state index in [1.54, 1.807) is 23.0 Å². The maximum atomic E-state index is 13.5. The maximum absolute atomic E-state index is 13.5. The van der Waals surface area contributed by atoms with E-state index in [1.165, 1.54) is 23.9 Å². The summed E-state index contributed by atoms with van der Waals surface area (Å²) in [5, 5.41) is 11.4. The highest BCUT2D eigenvalue weighted by atomic mass is 32.2. The van der Waals surface area contributed by atoms with Crippen molar-refractivity contribution >= 4 is 23.4 Å². The molecule has 0 spiro atoms. The Bertz CT molecular complexity index is 875. The van der Waals surface area contributed by atoms with Gasteiger partial charge in [-0.2, -0.15) is 0 Å². The zero-order valence-corrected chi connectivity index (χ0v) is 13.9. The molecule has 0 aliphatic heterocycles. The van der Waals surface area contributed by atoms with Gasteiger partial charge in [-0.15, -0.1) is 10.2 Å². The van der Waals surface area contributed by atoms with Crippen molar-refractivity contribution in [1.82, 2.24) is 14.8 Å². The van der Waals surface area contributed by atoms with Gasteiger partial charge in [0.25, 0.3) is 0 Å². The van der Waals surface area contributed by atoms with Crippen LogP contribution in [-0.2, 0) is 11.8 Å². The van der Waals surface area contributed by atoms with Crippen LogP contribution in [0.5, 0.6) is 0 Å². The van der Waals surface area contributed by atoms with Gasteiger partial charge in [-0.25, -0.2) is 4.39 Å². The van der Waals surface area contributed by atoms with E-state index in [0.29, 0.717) is 11.0 Å². The molecule has 2 aromatic heterocycles. The Kier molecular flexibility index (Phi) is 4.66. The molecular weight excluding hydrogens is 331 g/mol. The molecule has 124 valence electrons. The number of halogens is 1. The van der Waals surface area contributed by atoms with Gasteiger partial charge in [-0.3, -0.25) is 4.79 Å². The van der Waals surface area contributed by atoms with E-state index >= 15 is 0 Å². The average molecular weight is 346 g/mol. The van der Waals surface area contributed by atoms with Gasteiger partial charge in [0.2, 0.25) is 5.91 Å². The summed E-state index contributed by atoms with van der Waals surface area (Å²) >= 11 is 1.23. The summed E-state index contributed by atoms with van der Waals surface area (Å²) in [4.78, 5) is 12.0. The van der Waals surface area contributed by atoms with E-state index in [-0.39, 0.29) is 17.3 Å². The van der Waals surface area contributed by atoms with Crippen LogP contribution in [0.25, 0.3) is 11.4 Å². The Labute approximate surface area is 142 Å². The van der Waals surface area contributed by atoms with E-state index in [1.807, 2.05) is 20.0 Å². The SMILES string of the molecule is Cc1occc1-c1nnc(SCC(=O)Nc2ccccc2F)n1C. The fourth-order valence-corrected chi connectivity index (χ4v) is 2.88. The second-order valence-electron chi connectivity index (χ2n) is 5.07. The number of nitrogens with one attached hydrogen (secondary N) is 1. The molecule has 1 N–H and O–H groups in total. The molecule has 1 amide bonds. The zero-order valence-electron chi connectivity index (χ0n) is 13.1. The summed E-state index contributed by atoms with van der Waals surface area (Å²) in [6.45, 7) is 1.85. The Morgan fingerprint density at radius 3 is 2.83 bits per heavy atom. The molecular formula is C16H15FN4O2S. The molecule has 0 radical (unpaired) electrons. The fourth-order valence-electron chi connectivity index (χ4n) is 2.17. The second-order valence-corrected chi connectivity index (χ2v) is 6.01. The number of benzene rings is 1. The number of thioether (sulfide) groups is 1. The minimum absolute atomic E-state index is 0.102. The summed E-state index contributed by atoms with van der Waals surface area (Å²) in [7, 11) is 1.82. The number of nitrogens with zero attached hydrogens (tertiary/aromatic N) is 3. The summed E-state index contributed by atoms with van der Waals surface area (Å²) in [6.07, 6.45) is 1.59. The van der Waals surface area contributed by atoms with Crippen molar-refractivity contribution in [3.8, 4) is 11.4 Å². The summed E-state index contributed by atoms with van der Waals surface area (Å²) in [6, 6.07) is 7.86. The van der Waals surface area contributed by atoms with Crippen LogP contribution in [-0.4, -0.2) is 26.4 Å². The highest BCUT2D eigenvalue weighted by Gasteiger charge is 2.16. The van der Waals surface area contributed by atoms with Crippen LogP contribution in [0.1, 0.15) is 5.76 Å². The smallest absolute Gasteiger partial charge is 0.234 e. The Morgan fingerprint density at radius 1 is 1.33 bits per heavy atom. The maximum Gasteiger partial charge on any atom is 0.234 e. The van der Waals surface area contributed by atoms with Crippen molar-refractivity contribution in [2.45, 2.75) is 12.1 Å². The molecule has 8 heteroatoms. The van der Waals surface area contributed by atoms with Gasteiger partial charge in [0, 0.05) is 7.05 Å². The molecule has 3 rings (SSSR count). The summed E-state index contributed by atoms with van der Waals surface area (Å²) < 4.78 is 20.6. The van der Waals surface area contributed by atoms with Gasteiger partial charge >= 0.3 is 0 Å². The first-order valence-corrected chi connectivity index (χ1v) is 8.16. The minimum Gasteiger partial charge on any atom is -0.469 e. The number of hydrogen-bond acceptors (Lipinski definition) is 5. The lowest BCUT2D eigenvalue weighted by atomic mass is 10.2. The number of amides is 1. The normalized spacial score (nSPS) is 10.8. The zero-order chi connectivity index (χ0) is 17.1. The second kappa shape index (κ2) is 6.88. The van der Waals surface area contributed by atoms with Gasteiger partial charge in [0.05, 0.1) is 23.3 Å². The van der Waals surface area contributed by atoms with Crippen molar-refractivity contribution in [1.29, 1.82) is 0 Å². The number of carbonyl (C=O) groups is 1. The number of aromatic nitrogens is 3. The van der Waals surface area contributed by atoms with Gasteiger partial charge in [0.15, 0.2) is 11.0 Å². The molecule has 3 aromatic rings. The first-order valence-electron chi connectivity index (χ1n) is 7.17. The van der Waals surface area contributed by atoms with E-state index in [0.717, 1.165) is 11.3 Å². The standard InChI is InChI=1S/C16H15FN4O2S/c1-10-11(7-8-23-10)15-19-20-16(21(15)2)24-9-14(22)18-13-6-4-3-5-12(13)17/h3-8H,9H2,1-2H3,(H,18,22). The lowest BCUT2D eigenvalue weighted by molar-refractivity contribution is -0.113. The van der Waals surface area contributed by atoms with Gasteiger partial charge in [-0.1, -0.05) is 23.9 Å². The fraction of sp³-hybridized carbons (Fsp3) is 0.188. The summed E-state index contributed by atoms with van der Waals surface area (Å²) in [5.74, 6) is 0.740. The number of anilines is 1. The number of aryl methyl sites for hydroxylation is 1. The third kappa shape index (κ3) is 3.33. The number of rotatable bonds is 5. The molecule has 24 heavy (non-hydrogen) atoms. The molecule has 6 nitrogen and oxygen atoms in total. The van der Waals surface area contributed by atoms with Crippen LogP contribution < -0.4 is 5.32 Å². The summed E-state index contributed by atoms with van der Waals surface area (Å²) in [5.41, 5.74) is 1.02. The molecule has 0 bridgehead atoms. The Morgan fingerprint density at radius 2 is 2.12 bits per heavy atom. The molecule has 0 fully saturated rings. The quantitative estimate of drug-likeness (QED) is 0.718. The van der Waals surface area contributed by atoms with Gasteiger partial charge in [-0.05, 0) is 25.1 Å². The predicted molar refractivity (Wildman–Crippen MR) is 89.2 cm³/mol. The third-order valence-electron chi connectivity index (χ3n) is 3.41. The predicted octanol–water partition coefficient (Wildman–Crippen LogP) is 3.25. The highest BCUT2D eigenvalue weighted by Crippen LogP contribution is 2.25. The average Bonchev–Trinajstić information content (AvgIpc) is 3.13. The molecule has 0 aliphatic carbocycles. The largest absolute Gasteiger partial charge is 0.469 e. The number of hydrogen-bond donors (Lipinski definition) is 1. The van der Waals surface area contributed by atoms with Gasteiger partial charge < -0.3 is 14.3 Å². The van der Waals surface area contributed by atoms with Crippen LogP contribution in [0.3, 0.4) is 0 Å². The minimum atomic E-state index is -0.466. The number of para-hydroxylation sites is 1. The van der Waals surface area contributed by atoms with Crippen LogP contribution in [0.15, 0.2) is 46.2 Å². The topological polar surface area (TPSA) is 72.9 Å². The van der Waals surface area contributed by atoms with E-state index in [4.69, 9.17) is 4.42 Å². The van der Waals surface area contributed by atoms with E-state index in [2.05, 4.69) is 15.5 Å². The molecule has 0 aliphatic rings. The van der Waals surface area contributed by atoms with Crippen LogP contribution in [0.4, 0.5) is 10.1 Å². The lowest BCUT2D eigenvalue weighted by Crippen LogP contribution is -2.15. The molecule has 1 aromatic carbocycles. The molecule has 0 saturated carbocycles. The number of furan rings is 1. The van der Waals surface area contributed by atoms with E-state index < -0.39 is 5.82 Å². The third-order valence-corrected chi connectivity index (χ3v) is 4.44. The lowest BCUT2D eigenvalue weighted by Gasteiger charge is -2.06. The van der Waals surface area contributed by atoms with Crippen molar-refractivity contribution in [2.24, 2.45) is 7.05 Å². The number of carbonyl (C=O) groups excluding carboxylic acids is 1. The highest BCUT2D eigenvalue weighted by molar-refractivity contribution is 7.99.